The summed E-state index contributed by atoms with van der Waals surface area (Å²) >= 11 is 4.59. The Hall–Kier alpha value is -4.90. The van der Waals surface area contributed by atoms with Gasteiger partial charge in [0.2, 0.25) is 10.0 Å². The Morgan fingerprint density at radius 2 is 1.82 bits per heavy atom. The number of sulfonamides is 1. The number of thioether (sulfide) groups is 1. The van der Waals surface area contributed by atoms with Gasteiger partial charge in [0.05, 0.1) is 42.5 Å². The molecule has 1 saturated heterocycles. The van der Waals surface area contributed by atoms with Gasteiger partial charge in [0.1, 0.15) is 11.5 Å². The van der Waals surface area contributed by atoms with Crippen molar-refractivity contribution < 1.29 is 36.6 Å². The molecule has 0 unspecified atom stereocenters. The van der Waals surface area contributed by atoms with Crippen molar-refractivity contribution in [3.8, 4) is 17.2 Å². The molecule has 1 fully saturated rings. The molecule has 13 nitrogen and oxygen atoms in total. The Labute approximate surface area is 307 Å². The number of anilines is 1. The average Bonchev–Trinajstić information content (AvgIpc) is 3.71. The van der Waals surface area contributed by atoms with Crippen molar-refractivity contribution in [2.75, 3.05) is 25.6 Å². The Bertz CT molecular complexity index is 2080. The number of carbonyl (C=O) groups is 2. The number of benzene rings is 3. The number of primary sulfonamides is 1. The van der Waals surface area contributed by atoms with E-state index in [1.807, 2.05) is 12.1 Å². The number of ether oxygens (including phenoxy) is 3. The fourth-order valence-corrected chi connectivity index (χ4v) is 6.36. The van der Waals surface area contributed by atoms with Gasteiger partial charge in [-0.15, -0.1) is 5.10 Å². The molecule has 5 rings (SSSR count). The summed E-state index contributed by atoms with van der Waals surface area (Å²) in [6, 6.07) is 19.5. The number of amides is 2. The fourth-order valence-electron chi connectivity index (χ4n) is 4.54. The van der Waals surface area contributed by atoms with E-state index in [9.17, 15) is 18.0 Å². The number of hydrogen-bond donors (Lipinski definition) is 2. The molecule has 16 heteroatoms. The second-order valence-electron chi connectivity index (χ2n) is 11.4. The molecule has 0 radical (unpaired) electrons. The monoisotopic (exact) mass is 795 g/mol. The lowest BCUT2D eigenvalue weighted by molar-refractivity contribution is -0.122. The van der Waals surface area contributed by atoms with Gasteiger partial charge in [0.15, 0.2) is 23.3 Å². The van der Waals surface area contributed by atoms with Crippen LogP contribution < -0.4 is 24.7 Å². The molecule has 0 saturated carbocycles. The molecule has 0 bridgehead atoms. The SMILES string of the molecule is COc1cc(/C=N/N=C2\S/C(=C\c3cc(Br)ccc3OCC(=O)Nc3ccc(S(N)(=O)=O)cc3)C(=O)N2Cc2ccco2)ccc1OCC(C)C. The van der Waals surface area contributed by atoms with Crippen LogP contribution in [0.1, 0.15) is 30.7 Å². The summed E-state index contributed by atoms with van der Waals surface area (Å²) in [5, 5.41) is 16.8. The number of methoxy groups -OCH3 is 1. The lowest BCUT2D eigenvalue weighted by Crippen LogP contribution is -2.28. The molecule has 4 aromatic rings. The van der Waals surface area contributed by atoms with Crippen LogP contribution in [0.4, 0.5) is 5.69 Å². The van der Waals surface area contributed by atoms with Crippen LogP contribution in [-0.4, -0.2) is 56.8 Å². The molecule has 1 aliphatic heterocycles. The van der Waals surface area contributed by atoms with Crippen LogP contribution in [0, 0.1) is 5.92 Å². The Morgan fingerprint density at radius 3 is 2.51 bits per heavy atom. The van der Waals surface area contributed by atoms with Gasteiger partial charge >= 0.3 is 0 Å². The molecule has 2 heterocycles. The van der Waals surface area contributed by atoms with Gasteiger partial charge in [0, 0.05) is 15.7 Å². The zero-order chi connectivity index (χ0) is 36.5. The lowest BCUT2D eigenvalue weighted by atomic mass is 10.2. The van der Waals surface area contributed by atoms with E-state index >= 15 is 0 Å². The molecule has 0 aliphatic carbocycles. The van der Waals surface area contributed by atoms with Crippen LogP contribution in [0.2, 0.25) is 0 Å². The highest BCUT2D eigenvalue weighted by Crippen LogP contribution is 2.36. The summed E-state index contributed by atoms with van der Waals surface area (Å²) in [4.78, 5) is 28.1. The van der Waals surface area contributed by atoms with Crippen LogP contribution in [0.25, 0.3) is 6.08 Å². The summed E-state index contributed by atoms with van der Waals surface area (Å²) in [7, 11) is -2.30. The van der Waals surface area contributed by atoms with Gasteiger partial charge < -0.3 is 23.9 Å². The van der Waals surface area contributed by atoms with E-state index in [0.717, 1.165) is 21.8 Å². The second kappa shape index (κ2) is 16.9. The zero-order valence-electron chi connectivity index (χ0n) is 27.7. The minimum Gasteiger partial charge on any atom is -0.493 e. The first kappa shape index (κ1) is 37.4. The molecule has 1 aliphatic rings. The summed E-state index contributed by atoms with van der Waals surface area (Å²) in [5.74, 6) is 1.62. The van der Waals surface area contributed by atoms with E-state index in [1.165, 1.54) is 35.4 Å². The van der Waals surface area contributed by atoms with Crippen molar-refractivity contribution in [1.29, 1.82) is 0 Å². The van der Waals surface area contributed by atoms with Crippen molar-refractivity contribution in [3.63, 3.8) is 0 Å². The van der Waals surface area contributed by atoms with E-state index in [2.05, 4.69) is 45.3 Å². The predicted octanol–water partition coefficient (Wildman–Crippen LogP) is 6.26. The number of furan rings is 1. The largest absolute Gasteiger partial charge is 0.493 e. The van der Waals surface area contributed by atoms with E-state index in [4.69, 9.17) is 23.8 Å². The molecule has 0 atom stereocenters. The summed E-state index contributed by atoms with van der Waals surface area (Å²) in [6.45, 7) is 4.44. The minimum atomic E-state index is -3.86. The standard InChI is InChI=1S/C35H34BrN5O8S2/c1-22(2)20-48-30-12-6-23(15-31(30)46-3)18-38-40-35-41(19-27-5-4-14-47-27)34(43)32(50-35)17-24-16-25(36)7-13-29(24)49-21-33(42)39-26-8-10-28(11-9-26)51(37,44)45/h4-18,22H,19-21H2,1-3H3,(H,39,42)(H2,37,44,45)/b32-17-,38-18+,40-35-. The number of carbonyl (C=O) groups excluding carboxylic acids is 2. The van der Waals surface area contributed by atoms with Gasteiger partial charge in [-0.3, -0.25) is 14.5 Å². The first-order valence-corrected chi connectivity index (χ1v) is 18.6. The fraction of sp³-hybridized carbons (Fsp3) is 0.200. The van der Waals surface area contributed by atoms with Crippen molar-refractivity contribution >= 4 is 72.7 Å². The Morgan fingerprint density at radius 1 is 1.06 bits per heavy atom. The van der Waals surface area contributed by atoms with Gasteiger partial charge in [-0.05, 0) is 102 Å². The second-order valence-corrected chi connectivity index (χ2v) is 14.9. The Kier molecular flexibility index (Phi) is 12.4. The maximum absolute atomic E-state index is 13.7. The van der Waals surface area contributed by atoms with E-state index < -0.39 is 15.9 Å². The number of hydrogen-bond acceptors (Lipinski definition) is 11. The Balaban J connectivity index is 1.34. The highest BCUT2D eigenvalue weighted by atomic mass is 79.9. The molecule has 0 spiro atoms. The molecule has 266 valence electrons. The normalized spacial score (nSPS) is 14.9. The first-order chi connectivity index (χ1) is 24.4. The average molecular weight is 797 g/mol. The number of nitrogens with zero attached hydrogens (tertiary/aromatic N) is 3. The molecular formula is C35H34BrN5O8S2. The summed E-state index contributed by atoms with van der Waals surface area (Å²) in [6.07, 6.45) is 4.73. The van der Waals surface area contributed by atoms with Crippen LogP contribution >= 0.6 is 27.7 Å². The van der Waals surface area contributed by atoms with Gasteiger partial charge in [-0.1, -0.05) is 29.8 Å². The lowest BCUT2D eigenvalue weighted by Gasteiger charge is -2.13. The quantitative estimate of drug-likeness (QED) is 0.0849. The molecule has 3 N–H and O–H groups in total. The van der Waals surface area contributed by atoms with Crippen LogP contribution in [-0.2, 0) is 26.2 Å². The van der Waals surface area contributed by atoms with Crippen molar-refractivity contribution in [2.24, 2.45) is 21.3 Å². The molecule has 51 heavy (non-hydrogen) atoms. The number of nitrogens with one attached hydrogen (secondary N) is 1. The topological polar surface area (TPSA) is 175 Å². The van der Waals surface area contributed by atoms with Crippen molar-refractivity contribution in [2.45, 2.75) is 25.3 Å². The van der Waals surface area contributed by atoms with E-state index in [-0.39, 0.29) is 24.0 Å². The third kappa shape index (κ3) is 10.3. The van der Waals surface area contributed by atoms with Crippen LogP contribution in [0.3, 0.4) is 0 Å². The number of halogens is 1. The van der Waals surface area contributed by atoms with Crippen molar-refractivity contribution in [3.05, 3.63) is 105 Å². The smallest absolute Gasteiger partial charge is 0.267 e. The first-order valence-electron chi connectivity index (χ1n) is 15.4. The van der Waals surface area contributed by atoms with E-state index in [0.29, 0.717) is 56.9 Å². The van der Waals surface area contributed by atoms with E-state index in [1.54, 1.807) is 55.8 Å². The number of nitrogens with two attached hydrogens (primary N) is 1. The molecule has 3 aromatic carbocycles. The molecule has 2 amide bonds. The van der Waals surface area contributed by atoms with Gasteiger partial charge in [-0.2, -0.15) is 5.10 Å². The third-order valence-electron chi connectivity index (χ3n) is 6.98. The maximum Gasteiger partial charge on any atom is 0.267 e. The maximum atomic E-state index is 13.7. The van der Waals surface area contributed by atoms with Crippen LogP contribution in [0.15, 0.2) is 108 Å². The van der Waals surface area contributed by atoms with Crippen LogP contribution in [0.5, 0.6) is 17.2 Å². The minimum absolute atomic E-state index is 0.0789. The van der Waals surface area contributed by atoms with Gasteiger partial charge in [-0.25, -0.2) is 13.6 Å². The highest BCUT2D eigenvalue weighted by Gasteiger charge is 2.34. The summed E-state index contributed by atoms with van der Waals surface area (Å²) < 4.78 is 46.4. The number of rotatable bonds is 14. The van der Waals surface area contributed by atoms with Gasteiger partial charge in [0.25, 0.3) is 11.8 Å². The molecular weight excluding hydrogens is 762 g/mol. The highest BCUT2D eigenvalue weighted by molar-refractivity contribution is 9.10. The molecule has 1 aromatic heterocycles. The number of amidine groups is 1. The third-order valence-corrected chi connectivity index (χ3v) is 9.40. The zero-order valence-corrected chi connectivity index (χ0v) is 31.0. The predicted molar refractivity (Wildman–Crippen MR) is 199 cm³/mol. The summed E-state index contributed by atoms with van der Waals surface area (Å²) in [5.41, 5.74) is 1.61. The van der Waals surface area contributed by atoms with Crippen molar-refractivity contribution in [1.82, 2.24) is 4.90 Å².